The van der Waals surface area contributed by atoms with E-state index in [1.54, 1.807) is 6.07 Å². The number of aliphatic carboxylic acids is 1. The molecule has 0 atom stereocenters. The van der Waals surface area contributed by atoms with E-state index in [0.717, 1.165) is 11.1 Å². The molecule has 2 rings (SSSR count). The van der Waals surface area contributed by atoms with Crippen LogP contribution in [0.15, 0.2) is 23.1 Å². The summed E-state index contributed by atoms with van der Waals surface area (Å²) in [6.45, 7) is 0.434. The molecule has 1 heterocycles. The third kappa shape index (κ3) is 4.50. The van der Waals surface area contributed by atoms with Gasteiger partial charge in [-0.25, -0.2) is 13.1 Å². The fourth-order valence-corrected chi connectivity index (χ4v) is 3.10. The van der Waals surface area contributed by atoms with Crippen molar-refractivity contribution in [2.75, 3.05) is 20.1 Å². The highest BCUT2D eigenvalue weighted by molar-refractivity contribution is 7.89. The molecule has 2 N–H and O–H groups in total. The van der Waals surface area contributed by atoms with Gasteiger partial charge in [-0.1, -0.05) is 6.07 Å². The van der Waals surface area contributed by atoms with E-state index in [1.165, 1.54) is 24.1 Å². The number of hydrogen-bond acceptors (Lipinski definition) is 5. The molecule has 0 radical (unpaired) electrons. The number of carbonyl (C=O) groups excluding carboxylic acids is 1. The number of rotatable bonds is 7. The molecule has 0 bridgehead atoms. The van der Waals surface area contributed by atoms with Gasteiger partial charge in [0.2, 0.25) is 15.9 Å². The molecule has 1 aliphatic rings. The molecule has 0 unspecified atom stereocenters. The smallest absolute Gasteiger partial charge is 0.305 e. The van der Waals surface area contributed by atoms with Crippen LogP contribution in [0.2, 0.25) is 0 Å². The summed E-state index contributed by atoms with van der Waals surface area (Å²) in [5.41, 5.74) is 1.77. The molecular formula is C14H18N2O6S. The monoisotopic (exact) mass is 342 g/mol. The Balaban J connectivity index is 1.96. The van der Waals surface area contributed by atoms with Gasteiger partial charge in [0.15, 0.2) is 0 Å². The summed E-state index contributed by atoms with van der Waals surface area (Å²) in [4.78, 5) is 23.5. The second kappa shape index (κ2) is 7.07. The summed E-state index contributed by atoms with van der Waals surface area (Å²) < 4.78 is 31.9. The lowest BCUT2D eigenvalue weighted by atomic mass is 10.1. The number of carbonyl (C=O) groups is 2. The zero-order valence-corrected chi connectivity index (χ0v) is 13.4. The van der Waals surface area contributed by atoms with E-state index in [0.29, 0.717) is 13.2 Å². The number of amides is 1. The maximum Gasteiger partial charge on any atom is 0.305 e. The summed E-state index contributed by atoms with van der Waals surface area (Å²) in [5.74, 6) is -1.52. The highest BCUT2D eigenvalue weighted by Gasteiger charge is 2.20. The van der Waals surface area contributed by atoms with E-state index in [1.807, 2.05) is 0 Å². The third-order valence-corrected chi connectivity index (χ3v) is 4.90. The van der Waals surface area contributed by atoms with Crippen molar-refractivity contribution in [2.24, 2.45) is 0 Å². The number of nitrogens with one attached hydrogen (secondary N) is 1. The normalized spacial score (nSPS) is 13.6. The Bertz CT molecular complexity index is 716. The van der Waals surface area contributed by atoms with Gasteiger partial charge in [-0.15, -0.1) is 0 Å². The molecule has 0 saturated carbocycles. The topological polar surface area (TPSA) is 113 Å². The molecule has 1 aromatic carbocycles. The SMILES string of the molecule is CN(CCC(=O)O)C(=O)CNS(=O)(=O)c1ccc2c(c1)COC2. The van der Waals surface area contributed by atoms with Crippen LogP contribution < -0.4 is 4.72 Å². The first-order chi connectivity index (χ1) is 10.8. The first kappa shape index (κ1) is 17.4. The van der Waals surface area contributed by atoms with Crippen molar-refractivity contribution in [3.8, 4) is 0 Å². The number of carboxylic acids is 1. The minimum Gasteiger partial charge on any atom is -0.481 e. The van der Waals surface area contributed by atoms with E-state index in [4.69, 9.17) is 9.84 Å². The molecule has 0 aliphatic carbocycles. The van der Waals surface area contributed by atoms with Gasteiger partial charge < -0.3 is 14.7 Å². The Morgan fingerprint density at radius 2 is 2.00 bits per heavy atom. The molecule has 0 fully saturated rings. The standard InChI is InChI=1S/C14H18N2O6S/c1-16(5-4-14(18)19)13(17)7-15-23(20,21)12-3-2-10-8-22-9-11(10)6-12/h2-3,6,15H,4-5,7-9H2,1H3,(H,18,19). The van der Waals surface area contributed by atoms with E-state index >= 15 is 0 Å². The van der Waals surface area contributed by atoms with Crippen molar-refractivity contribution in [3.05, 3.63) is 29.3 Å². The molecule has 1 aromatic rings. The van der Waals surface area contributed by atoms with E-state index < -0.39 is 28.4 Å². The van der Waals surface area contributed by atoms with Crippen molar-refractivity contribution in [1.29, 1.82) is 0 Å². The maximum absolute atomic E-state index is 12.2. The first-order valence-corrected chi connectivity index (χ1v) is 8.43. The van der Waals surface area contributed by atoms with Crippen molar-refractivity contribution >= 4 is 21.9 Å². The fourth-order valence-electron chi connectivity index (χ4n) is 2.08. The number of carboxylic acid groups (broad SMARTS) is 1. The zero-order valence-electron chi connectivity index (χ0n) is 12.6. The predicted molar refractivity (Wildman–Crippen MR) is 80.0 cm³/mol. The molecular weight excluding hydrogens is 324 g/mol. The minimum atomic E-state index is -3.81. The van der Waals surface area contributed by atoms with Crippen LogP contribution in [-0.2, 0) is 37.6 Å². The molecule has 0 spiro atoms. The van der Waals surface area contributed by atoms with Crippen LogP contribution in [0.4, 0.5) is 0 Å². The van der Waals surface area contributed by atoms with Gasteiger partial charge in [-0.2, -0.15) is 0 Å². The number of fused-ring (bicyclic) bond motifs is 1. The molecule has 8 nitrogen and oxygen atoms in total. The van der Waals surface area contributed by atoms with Crippen molar-refractivity contribution in [1.82, 2.24) is 9.62 Å². The molecule has 23 heavy (non-hydrogen) atoms. The quantitative estimate of drug-likeness (QED) is 0.717. The molecule has 1 amide bonds. The summed E-state index contributed by atoms with van der Waals surface area (Å²) in [7, 11) is -2.39. The number of benzene rings is 1. The molecule has 0 aromatic heterocycles. The van der Waals surface area contributed by atoms with Gasteiger partial charge in [-0.05, 0) is 23.3 Å². The summed E-state index contributed by atoms with van der Waals surface area (Å²) in [6.07, 6.45) is -0.195. The van der Waals surface area contributed by atoms with Crippen molar-refractivity contribution < 1.29 is 27.9 Å². The van der Waals surface area contributed by atoms with Gasteiger partial charge in [0.1, 0.15) is 0 Å². The lowest BCUT2D eigenvalue weighted by Crippen LogP contribution is -2.39. The van der Waals surface area contributed by atoms with Gasteiger partial charge in [-0.3, -0.25) is 9.59 Å². The third-order valence-electron chi connectivity index (χ3n) is 3.50. The lowest BCUT2D eigenvalue weighted by Gasteiger charge is -2.16. The Hall–Kier alpha value is -1.97. The Labute approximate surface area is 134 Å². The van der Waals surface area contributed by atoms with Crippen LogP contribution >= 0.6 is 0 Å². The highest BCUT2D eigenvalue weighted by atomic mass is 32.2. The van der Waals surface area contributed by atoms with E-state index in [9.17, 15) is 18.0 Å². The van der Waals surface area contributed by atoms with E-state index in [-0.39, 0.29) is 17.9 Å². The maximum atomic E-state index is 12.2. The minimum absolute atomic E-state index is 0.0199. The predicted octanol–water partition coefficient (Wildman–Crippen LogP) is -0.0718. The van der Waals surface area contributed by atoms with Crippen LogP contribution in [0.3, 0.4) is 0 Å². The fraction of sp³-hybridized carbons (Fsp3) is 0.429. The van der Waals surface area contributed by atoms with Crippen LogP contribution in [0.25, 0.3) is 0 Å². The number of nitrogens with zero attached hydrogens (tertiary/aromatic N) is 1. The van der Waals surface area contributed by atoms with Crippen molar-refractivity contribution in [3.63, 3.8) is 0 Å². The molecule has 1 aliphatic heterocycles. The average molecular weight is 342 g/mol. The Morgan fingerprint density at radius 3 is 2.70 bits per heavy atom. The number of sulfonamides is 1. The molecule has 126 valence electrons. The van der Waals surface area contributed by atoms with Gasteiger partial charge >= 0.3 is 5.97 Å². The summed E-state index contributed by atoms with van der Waals surface area (Å²) in [5, 5.41) is 8.57. The second-order valence-corrected chi connectivity index (χ2v) is 6.97. The van der Waals surface area contributed by atoms with Crippen LogP contribution in [0.1, 0.15) is 17.5 Å². The number of ether oxygens (including phenoxy) is 1. The Kier molecular flexibility index (Phi) is 5.34. The van der Waals surface area contributed by atoms with Gasteiger partial charge in [0.25, 0.3) is 0 Å². The largest absolute Gasteiger partial charge is 0.481 e. The van der Waals surface area contributed by atoms with Crippen LogP contribution in [-0.4, -0.2) is 50.4 Å². The lowest BCUT2D eigenvalue weighted by molar-refractivity contribution is -0.138. The Morgan fingerprint density at radius 1 is 1.30 bits per heavy atom. The van der Waals surface area contributed by atoms with Crippen LogP contribution in [0.5, 0.6) is 0 Å². The van der Waals surface area contributed by atoms with Gasteiger partial charge in [0, 0.05) is 13.6 Å². The molecule has 9 heteroatoms. The average Bonchev–Trinajstić information content (AvgIpc) is 2.97. The molecule has 0 saturated heterocycles. The van der Waals surface area contributed by atoms with Crippen LogP contribution in [0, 0.1) is 0 Å². The zero-order chi connectivity index (χ0) is 17.0. The highest BCUT2D eigenvalue weighted by Crippen LogP contribution is 2.22. The first-order valence-electron chi connectivity index (χ1n) is 6.94. The number of likely N-dealkylation sites (N-methyl/N-ethyl adjacent to an activating group) is 1. The number of hydrogen-bond donors (Lipinski definition) is 2. The summed E-state index contributed by atoms with van der Waals surface area (Å²) >= 11 is 0. The van der Waals surface area contributed by atoms with E-state index in [2.05, 4.69) is 4.72 Å². The summed E-state index contributed by atoms with van der Waals surface area (Å²) in [6, 6.07) is 4.69. The van der Waals surface area contributed by atoms with Gasteiger partial charge in [0.05, 0.1) is 31.1 Å². The second-order valence-electron chi connectivity index (χ2n) is 5.21. The van der Waals surface area contributed by atoms with Crippen molar-refractivity contribution in [2.45, 2.75) is 24.5 Å².